The van der Waals surface area contributed by atoms with Crippen molar-refractivity contribution in [2.45, 2.75) is 56.7 Å². The number of aliphatic hydroxyl groups is 1. The standard InChI is InChI=1S/C26H31FN4O/c27-22-13-11-20(12-14-22)23-17-31(29-28-23)25-15-24(21-9-5-2-6-10-21)30(18-26(25)32)16-19-7-3-1-4-8-19/h2,5-6,9-14,17,19,24-26,32H,1,3-4,7-8,15-16,18H2/t24-,25+,26+/m1/s1. The molecule has 0 bridgehead atoms. The van der Waals surface area contributed by atoms with E-state index in [0.717, 1.165) is 24.4 Å². The van der Waals surface area contributed by atoms with Gasteiger partial charge in [0.2, 0.25) is 0 Å². The number of nitrogens with zero attached hydrogens (tertiary/aromatic N) is 4. The van der Waals surface area contributed by atoms with Crippen LogP contribution in [0.15, 0.2) is 60.8 Å². The van der Waals surface area contributed by atoms with Gasteiger partial charge in [0.1, 0.15) is 11.5 Å². The molecule has 0 radical (unpaired) electrons. The highest BCUT2D eigenvalue weighted by Gasteiger charge is 2.38. The first-order valence-corrected chi connectivity index (χ1v) is 11.8. The van der Waals surface area contributed by atoms with Crippen molar-refractivity contribution < 1.29 is 9.50 Å². The fourth-order valence-electron chi connectivity index (χ4n) is 5.43. The predicted molar refractivity (Wildman–Crippen MR) is 122 cm³/mol. The number of benzene rings is 2. The third-order valence-corrected chi connectivity index (χ3v) is 7.16. The highest BCUT2D eigenvalue weighted by Crippen LogP contribution is 2.38. The van der Waals surface area contributed by atoms with Crippen molar-refractivity contribution in [1.29, 1.82) is 0 Å². The van der Waals surface area contributed by atoms with Gasteiger partial charge < -0.3 is 5.11 Å². The summed E-state index contributed by atoms with van der Waals surface area (Å²) in [7, 11) is 0. The van der Waals surface area contributed by atoms with Crippen LogP contribution in [-0.4, -0.2) is 44.2 Å². The molecular weight excluding hydrogens is 403 g/mol. The van der Waals surface area contributed by atoms with E-state index in [1.807, 2.05) is 6.20 Å². The molecule has 2 aromatic carbocycles. The third-order valence-electron chi connectivity index (χ3n) is 7.16. The van der Waals surface area contributed by atoms with E-state index in [-0.39, 0.29) is 17.9 Å². The number of piperidine rings is 1. The van der Waals surface area contributed by atoms with Crippen molar-refractivity contribution in [3.63, 3.8) is 0 Å². The van der Waals surface area contributed by atoms with Crippen LogP contribution in [0.4, 0.5) is 4.39 Å². The second kappa shape index (κ2) is 9.51. The van der Waals surface area contributed by atoms with Crippen molar-refractivity contribution in [1.82, 2.24) is 19.9 Å². The third kappa shape index (κ3) is 4.62. The van der Waals surface area contributed by atoms with Crippen molar-refractivity contribution in [3.05, 3.63) is 72.2 Å². The lowest BCUT2D eigenvalue weighted by Crippen LogP contribution is -2.48. The number of hydrogen-bond donors (Lipinski definition) is 1. The van der Waals surface area contributed by atoms with Gasteiger partial charge in [-0.25, -0.2) is 9.07 Å². The van der Waals surface area contributed by atoms with Gasteiger partial charge in [0, 0.05) is 24.7 Å². The molecule has 0 unspecified atom stereocenters. The second-order valence-corrected chi connectivity index (χ2v) is 9.35. The lowest BCUT2D eigenvalue weighted by atomic mass is 9.85. The number of hydrogen-bond acceptors (Lipinski definition) is 4. The van der Waals surface area contributed by atoms with Gasteiger partial charge in [-0.1, -0.05) is 54.8 Å². The zero-order chi connectivity index (χ0) is 21.9. The average molecular weight is 435 g/mol. The minimum atomic E-state index is -0.513. The van der Waals surface area contributed by atoms with Gasteiger partial charge in [-0.15, -0.1) is 5.10 Å². The average Bonchev–Trinajstić information content (AvgIpc) is 3.31. The van der Waals surface area contributed by atoms with E-state index >= 15 is 0 Å². The van der Waals surface area contributed by atoms with Crippen LogP contribution in [0.1, 0.15) is 56.2 Å². The van der Waals surface area contributed by atoms with Crippen LogP contribution in [0, 0.1) is 11.7 Å². The molecule has 32 heavy (non-hydrogen) atoms. The topological polar surface area (TPSA) is 54.2 Å². The molecule has 0 amide bonds. The summed E-state index contributed by atoms with van der Waals surface area (Å²) < 4.78 is 15.1. The Kier molecular flexibility index (Phi) is 6.32. The number of rotatable bonds is 5. The normalized spacial score (nSPS) is 25.1. The quantitative estimate of drug-likeness (QED) is 0.613. The van der Waals surface area contributed by atoms with Crippen LogP contribution < -0.4 is 0 Å². The first-order valence-electron chi connectivity index (χ1n) is 11.8. The number of likely N-dealkylation sites (tertiary alicyclic amines) is 1. The largest absolute Gasteiger partial charge is 0.390 e. The summed E-state index contributed by atoms with van der Waals surface area (Å²) in [6, 6.07) is 17.0. The van der Waals surface area contributed by atoms with Crippen LogP contribution >= 0.6 is 0 Å². The molecule has 6 heteroatoms. The van der Waals surface area contributed by atoms with Crippen LogP contribution in [0.2, 0.25) is 0 Å². The van der Waals surface area contributed by atoms with E-state index in [1.165, 1.54) is 49.8 Å². The Labute approximate surface area is 188 Å². The minimum Gasteiger partial charge on any atom is -0.390 e. The van der Waals surface area contributed by atoms with Crippen molar-refractivity contribution in [2.24, 2.45) is 5.92 Å². The molecule has 2 fully saturated rings. The van der Waals surface area contributed by atoms with Crippen LogP contribution in [0.25, 0.3) is 11.3 Å². The number of aliphatic hydroxyl groups excluding tert-OH is 1. The molecule has 5 nitrogen and oxygen atoms in total. The molecular formula is C26H31FN4O. The first-order chi connectivity index (χ1) is 15.7. The summed E-state index contributed by atoms with van der Waals surface area (Å²) >= 11 is 0. The van der Waals surface area contributed by atoms with Crippen molar-refractivity contribution >= 4 is 0 Å². The maximum atomic E-state index is 13.3. The van der Waals surface area contributed by atoms with Crippen molar-refractivity contribution in [3.8, 4) is 11.3 Å². The minimum absolute atomic E-state index is 0.149. The Bertz CT molecular complexity index is 1000. The summed E-state index contributed by atoms with van der Waals surface area (Å²) in [6.07, 6.45) is 8.73. The zero-order valence-electron chi connectivity index (χ0n) is 18.4. The Morgan fingerprint density at radius 1 is 0.969 bits per heavy atom. The van der Waals surface area contributed by atoms with E-state index in [1.54, 1.807) is 16.8 Å². The predicted octanol–water partition coefficient (Wildman–Crippen LogP) is 5.01. The maximum absolute atomic E-state index is 13.3. The number of aromatic nitrogens is 3. The Balaban J connectivity index is 1.38. The molecule has 1 aromatic heterocycles. The van der Waals surface area contributed by atoms with E-state index in [2.05, 4.69) is 45.5 Å². The Morgan fingerprint density at radius 3 is 2.47 bits per heavy atom. The van der Waals surface area contributed by atoms with Gasteiger partial charge in [0.05, 0.1) is 18.3 Å². The fourth-order valence-corrected chi connectivity index (χ4v) is 5.43. The zero-order valence-corrected chi connectivity index (χ0v) is 18.4. The molecule has 1 N–H and O–H groups in total. The van der Waals surface area contributed by atoms with Gasteiger partial charge >= 0.3 is 0 Å². The van der Waals surface area contributed by atoms with Crippen LogP contribution in [0.3, 0.4) is 0 Å². The fraction of sp³-hybridized carbons (Fsp3) is 0.462. The lowest BCUT2D eigenvalue weighted by molar-refractivity contribution is -0.0181. The van der Waals surface area contributed by atoms with E-state index in [9.17, 15) is 9.50 Å². The van der Waals surface area contributed by atoms with Crippen LogP contribution in [0.5, 0.6) is 0 Å². The maximum Gasteiger partial charge on any atom is 0.123 e. The monoisotopic (exact) mass is 434 g/mol. The lowest BCUT2D eigenvalue weighted by Gasteiger charge is -2.44. The summed E-state index contributed by atoms with van der Waals surface area (Å²) in [5.41, 5.74) is 2.80. The van der Waals surface area contributed by atoms with Gasteiger partial charge in [0.25, 0.3) is 0 Å². The number of halogens is 1. The van der Waals surface area contributed by atoms with E-state index in [4.69, 9.17) is 0 Å². The molecule has 2 heterocycles. The SMILES string of the molecule is O[C@H]1CN(CC2CCCCC2)[C@@H](c2ccccc2)C[C@@H]1n1cc(-c2ccc(F)cc2)nn1. The molecule has 5 rings (SSSR count). The van der Waals surface area contributed by atoms with Crippen molar-refractivity contribution in [2.75, 3.05) is 13.1 Å². The van der Waals surface area contributed by atoms with Crippen LogP contribution in [-0.2, 0) is 0 Å². The summed E-state index contributed by atoms with van der Waals surface area (Å²) in [5, 5.41) is 19.8. The Morgan fingerprint density at radius 2 is 1.72 bits per heavy atom. The summed E-state index contributed by atoms with van der Waals surface area (Å²) in [4.78, 5) is 2.49. The Hall–Kier alpha value is -2.57. The molecule has 1 aliphatic heterocycles. The van der Waals surface area contributed by atoms with E-state index in [0.29, 0.717) is 12.2 Å². The van der Waals surface area contributed by atoms with Gasteiger partial charge in [0.15, 0.2) is 0 Å². The van der Waals surface area contributed by atoms with Gasteiger partial charge in [-0.2, -0.15) is 0 Å². The molecule has 1 aliphatic carbocycles. The molecule has 1 saturated carbocycles. The smallest absolute Gasteiger partial charge is 0.123 e. The highest BCUT2D eigenvalue weighted by atomic mass is 19.1. The molecule has 1 saturated heterocycles. The first kappa shape index (κ1) is 21.3. The molecule has 3 atom stereocenters. The van der Waals surface area contributed by atoms with Gasteiger partial charge in [-0.3, -0.25) is 4.90 Å². The number of β-amino-alcohol motifs (C(OH)–C–C–N with tert-alkyl or cyclic N) is 1. The second-order valence-electron chi connectivity index (χ2n) is 9.35. The van der Waals surface area contributed by atoms with Gasteiger partial charge in [-0.05, 0) is 55.0 Å². The highest BCUT2D eigenvalue weighted by molar-refractivity contribution is 5.57. The molecule has 2 aliphatic rings. The molecule has 0 spiro atoms. The molecule has 168 valence electrons. The summed E-state index contributed by atoms with van der Waals surface area (Å²) in [5.74, 6) is 0.447. The van der Waals surface area contributed by atoms with E-state index < -0.39 is 6.10 Å². The molecule has 3 aromatic rings. The summed E-state index contributed by atoms with van der Waals surface area (Å²) in [6.45, 7) is 1.67.